The van der Waals surface area contributed by atoms with Crippen molar-refractivity contribution in [2.45, 2.75) is 12.5 Å². The molecule has 8 heteroatoms. The Morgan fingerprint density at radius 3 is 2.50 bits per heavy atom. The Morgan fingerprint density at radius 1 is 1.23 bits per heavy atom. The third kappa shape index (κ3) is 4.15. The minimum atomic E-state index is -2.54. The van der Waals surface area contributed by atoms with Gasteiger partial charge in [0.25, 0.3) is 5.91 Å². The monoisotopic (exact) mass is 342 g/mol. The molecule has 4 rings (SSSR count). The molecule has 3 saturated heterocycles. The largest absolute Gasteiger partial charge is 0.501 e. The van der Waals surface area contributed by atoms with Gasteiger partial charge in [-0.15, -0.1) is 11.3 Å². The molecule has 1 N–H and O–H groups in total. The van der Waals surface area contributed by atoms with Gasteiger partial charge in [0.1, 0.15) is 0 Å². The van der Waals surface area contributed by atoms with Gasteiger partial charge in [-0.2, -0.15) is 0 Å². The summed E-state index contributed by atoms with van der Waals surface area (Å²) in [6.07, 6.45) is 0.813. The highest BCUT2D eigenvalue weighted by molar-refractivity contribution is 7.12. The number of hydrogen-bond acceptors (Lipinski definition) is 6. The molecule has 0 aromatic carbocycles. The van der Waals surface area contributed by atoms with Crippen LogP contribution in [0.1, 0.15) is 16.1 Å². The number of amides is 1. The molecule has 0 saturated carbocycles. The first-order valence-corrected chi connectivity index (χ1v) is 10.5. The highest BCUT2D eigenvalue weighted by Crippen LogP contribution is 2.21. The average molecular weight is 342 g/mol. The smallest absolute Gasteiger partial charge is 0.372 e. The van der Waals surface area contributed by atoms with Crippen LogP contribution in [0.2, 0.25) is 6.04 Å². The Balaban J connectivity index is 1.46. The molecule has 0 radical (unpaired) electrons. The number of hydrogen-bond donors (Lipinski definition) is 1. The summed E-state index contributed by atoms with van der Waals surface area (Å²) < 4.78 is 17.9. The number of thiophene rings is 1. The fourth-order valence-electron chi connectivity index (χ4n) is 2.67. The second kappa shape index (κ2) is 7.67. The SMILES string of the molecule is O=C(NCCC[Si]12OCCN(CCO1)CCO2)c1cccs1. The molecule has 4 heterocycles. The fourth-order valence-corrected chi connectivity index (χ4v) is 5.81. The molecule has 3 aliphatic rings. The molecule has 1 amide bonds. The predicted molar refractivity (Wildman–Crippen MR) is 86.1 cm³/mol. The number of carbonyl (C=O) groups is 1. The van der Waals surface area contributed by atoms with E-state index in [4.69, 9.17) is 13.3 Å². The van der Waals surface area contributed by atoms with Crippen LogP contribution < -0.4 is 5.32 Å². The van der Waals surface area contributed by atoms with Gasteiger partial charge in [-0.25, -0.2) is 0 Å². The summed E-state index contributed by atoms with van der Waals surface area (Å²) >= 11 is 1.45. The van der Waals surface area contributed by atoms with E-state index in [-0.39, 0.29) is 5.91 Å². The minimum absolute atomic E-state index is 0.0112. The molecule has 122 valence electrons. The summed E-state index contributed by atoms with van der Waals surface area (Å²) in [5.74, 6) is -0.0112. The van der Waals surface area contributed by atoms with E-state index in [1.165, 1.54) is 11.3 Å². The number of rotatable bonds is 5. The third-order valence-electron chi connectivity index (χ3n) is 3.88. The summed E-state index contributed by atoms with van der Waals surface area (Å²) in [7, 11) is -2.54. The van der Waals surface area contributed by atoms with Crippen molar-refractivity contribution in [2.75, 3.05) is 46.0 Å². The van der Waals surface area contributed by atoms with Crippen molar-refractivity contribution in [2.24, 2.45) is 0 Å². The van der Waals surface area contributed by atoms with Crippen LogP contribution >= 0.6 is 11.3 Å². The van der Waals surface area contributed by atoms with Crippen molar-refractivity contribution in [3.8, 4) is 0 Å². The van der Waals surface area contributed by atoms with Crippen LogP contribution in [0.5, 0.6) is 0 Å². The van der Waals surface area contributed by atoms with E-state index < -0.39 is 8.80 Å². The zero-order valence-corrected chi connectivity index (χ0v) is 14.4. The number of carbonyl (C=O) groups excluding carboxylic acids is 1. The Bertz CT molecular complexity index is 459. The molecular weight excluding hydrogens is 320 g/mol. The summed E-state index contributed by atoms with van der Waals surface area (Å²) in [6.45, 7) is 5.51. The minimum Gasteiger partial charge on any atom is -0.372 e. The lowest BCUT2D eigenvalue weighted by atomic mass is 10.4. The maximum Gasteiger partial charge on any atom is 0.501 e. The molecule has 2 bridgehead atoms. The van der Waals surface area contributed by atoms with Crippen molar-refractivity contribution in [1.29, 1.82) is 0 Å². The topological polar surface area (TPSA) is 60.0 Å². The lowest BCUT2D eigenvalue weighted by Crippen LogP contribution is -2.55. The standard InChI is InChI=1S/C14H22N2O4SSi/c17-14(13-3-1-11-21-13)15-4-2-12-22-18-8-5-16(6-9-19-22)7-10-20-22/h1,3,11H,2,4-10,12H2,(H,15,17). The molecule has 0 aliphatic carbocycles. The zero-order valence-electron chi connectivity index (χ0n) is 12.6. The molecule has 3 fully saturated rings. The highest BCUT2D eigenvalue weighted by Gasteiger charge is 2.43. The van der Waals surface area contributed by atoms with Gasteiger partial charge in [-0.1, -0.05) is 6.07 Å². The van der Waals surface area contributed by atoms with E-state index in [0.29, 0.717) is 26.4 Å². The fraction of sp³-hybridized carbons (Fsp3) is 0.643. The third-order valence-corrected chi connectivity index (χ3v) is 7.65. The zero-order chi connectivity index (χ0) is 15.3. The Labute approximate surface area is 135 Å². The van der Waals surface area contributed by atoms with Gasteiger partial charge in [0.2, 0.25) is 0 Å². The van der Waals surface area contributed by atoms with Crippen LogP contribution in [-0.2, 0) is 13.3 Å². The first kappa shape index (κ1) is 16.1. The van der Waals surface area contributed by atoms with Gasteiger partial charge in [0.15, 0.2) is 0 Å². The lowest BCUT2D eigenvalue weighted by molar-refractivity contribution is -0.00851. The van der Waals surface area contributed by atoms with Gasteiger partial charge < -0.3 is 18.6 Å². The van der Waals surface area contributed by atoms with Crippen LogP contribution in [0, 0.1) is 0 Å². The first-order chi connectivity index (χ1) is 10.8. The molecular formula is C14H22N2O4SSi. The molecule has 0 atom stereocenters. The van der Waals surface area contributed by atoms with Gasteiger partial charge in [0, 0.05) is 32.2 Å². The summed E-state index contributed by atoms with van der Waals surface area (Å²) in [6, 6.07) is 4.48. The average Bonchev–Trinajstić information content (AvgIpc) is 2.97. The van der Waals surface area contributed by atoms with Gasteiger partial charge >= 0.3 is 8.80 Å². The molecule has 0 spiro atoms. The lowest BCUT2D eigenvalue weighted by Gasteiger charge is -2.38. The van der Waals surface area contributed by atoms with Crippen LogP contribution in [0.25, 0.3) is 0 Å². The van der Waals surface area contributed by atoms with E-state index in [2.05, 4.69) is 10.2 Å². The van der Waals surface area contributed by atoms with Crippen LogP contribution in [0.4, 0.5) is 0 Å². The van der Waals surface area contributed by atoms with E-state index in [0.717, 1.165) is 37.0 Å². The Kier molecular flexibility index (Phi) is 5.61. The second-order valence-corrected chi connectivity index (χ2v) is 9.09. The van der Waals surface area contributed by atoms with Crippen molar-refractivity contribution < 1.29 is 18.1 Å². The number of nitrogens with one attached hydrogen (secondary N) is 1. The van der Waals surface area contributed by atoms with Crippen LogP contribution in [-0.4, -0.2) is 65.6 Å². The van der Waals surface area contributed by atoms with Gasteiger partial charge in [-0.3, -0.25) is 9.69 Å². The normalized spacial score (nSPS) is 28.6. The maximum absolute atomic E-state index is 11.9. The summed E-state index contributed by atoms with van der Waals surface area (Å²) in [5.41, 5.74) is 0. The van der Waals surface area contributed by atoms with Crippen molar-refractivity contribution in [1.82, 2.24) is 10.2 Å². The highest BCUT2D eigenvalue weighted by atomic mass is 32.1. The van der Waals surface area contributed by atoms with E-state index in [1.54, 1.807) is 0 Å². The summed E-state index contributed by atoms with van der Waals surface area (Å²) in [5, 5.41) is 4.85. The van der Waals surface area contributed by atoms with Crippen LogP contribution in [0.15, 0.2) is 17.5 Å². The molecule has 6 nitrogen and oxygen atoms in total. The molecule has 22 heavy (non-hydrogen) atoms. The number of nitrogens with zero attached hydrogens (tertiary/aromatic N) is 1. The van der Waals surface area contributed by atoms with E-state index in [9.17, 15) is 4.79 Å². The second-order valence-electron chi connectivity index (χ2n) is 5.41. The summed E-state index contributed by atoms with van der Waals surface area (Å²) in [4.78, 5) is 14.9. The molecule has 3 aliphatic heterocycles. The van der Waals surface area contributed by atoms with Crippen molar-refractivity contribution >= 4 is 26.0 Å². The Morgan fingerprint density at radius 2 is 1.91 bits per heavy atom. The first-order valence-electron chi connectivity index (χ1n) is 7.73. The van der Waals surface area contributed by atoms with Gasteiger partial charge in [0.05, 0.1) is 24.7 Å². The predicted octanol–water partition coefficient (Wildman–Crippen LogP) is 1.19. The van der Waals surface area contributed by atoms with Crippen molar-refractivity contribution in [3.05, 3.63) is 22.4 Å². The van der Waals surface area contributed by atoms with Gasteiger partial charge in [-0.05, 0) is 17.9 Å². The molecule has 1 aromatic heterocycles. The van der Waals surface area contributed by atoms with Crippen molar-refractivity contribution in [3.63, 3.8) is 0 Å². The molecule has 0 unspecified atom stereocenters. The maximum atomic E-state index is 11.9. The quantitative estimate of drug-likeness (QED) is 0.643. The number of fused-ring (bicyclic) bond motifs is 6. The van der Waals surface area contributed by atoms with E-state index >= 15 is 0 Å². The van der Waals surface area contributed by atoms with Crippen LogP contribution in [0.3, 0.4) is 0 Å². The van der Waals surface area contributed by atoms with E-state index in [1.807, 2.05) is 17.5 Å². The Hall–Kier alpha value is -0.773. The molecule has 1 aromatic rings.